The molecule has 9 aromatic carbocycles. The van der Waals surface area contributed by atoms with Gasteiger partial charge in [-0.1, -0.05) is 127 Å². The Balaban J connectivity index is 1.12. The predicted octanol–water partition coefficient (Wildman–Crippen LogP) is 15.2. The van der Waals surface area contributed by atoms with Crippen LogP contribution < -0.4 is 0 Å². The zero-order chi connectivity index (χ0) is 44.3. The first-order valence-corrected chi connectivity index (χ1v) is 21.7. The molecule has 3 heterocycles. The van der Waals surface area contributed by atoms with E-state index < -0.39 is 11.6 Å². The largest absolute Gasteiger partial charge is 0.309 e. The average Bonchev–Trinajstić information content (AvgIpc) is 3.89. The van der Waals surface area contributed by atoms with E-state index in [1.807, 2.05) is 71.3 Å². The van der Waals surface area contributed by atoms with E-state index in [-0.39, 0.29) is 11.1 Å². The number of halogens is 2. The molecular weight excluding hydrogens is 817 g/mol. The molecule has 0 aliphatic heterocycles. The summed E-state index contributed by atoms with van der Waals surface area (Å²) in [7, 11) is 0. The number of hydrogen-bond donors (Lipinski definition) is 0. The van der Waals surface area contributed by atoms with Crippen molar-refractivity contribution in [3.05, 3.63) is 230 Å². The third kappa shape index (κ3) is 6.43. The van der Waals surface area contributed by atoms with Crippen LogP contribution in [0.15, 0.2) is 212 Å². The summed E-state index contributed by atoms with van der Waals surface area (Å²) < 4.78 is 35.6. The molecule has 12 rings (SSSR count). The third-order valence-corrected chi connectivity index (χ3v) is 12.5. The number of nitriles is 1. The Hall–Kier alpha value is -8.99. The van der Waals surface area contributed by atoms with Crippen LogP contribution in [-0.4, -0.2) is 19.1 Å². The fourth-order valence-electron chi connectivity index (χ4n) is 9.49. The molecule has 0 unspecified atom stereocenters. The summed E-state index contributed by atoms with van der Waals surface area (Å²) in [5.41, 5.74) is 12.1. The predicted molar refractivity (Wildman–Crippen MR) is 263 cm³/mol. The number of aromatic nitrogens is 4. The van der Waals surface area contributed by atoms with Crippen LogP contribution in [0, 0.1) is 23.0 Å². The minimum atomic E-state index is -0.705. The van der Waals surface area contributed by atoms with Gasteiger partial charge in [0.1, 0.15) is 11.6 Å². The number of hydrogen-bond acceptors (Lipinski definition) is 3. The molecule has 0 fully saturated rings. The van der Waals surface area contributed by atoms with Gasteiger partial charge in [0.15, 0.2) is 5.82 Å². The van der Waals surface area contributed by atoms with Crippen LogP contribution in [0.1, 0.15) is 5.56 Å². The van der Waals surface area contributed by atoms with Gasteiger partial charge < -0.3 is 9.13 Å². The Morgan fingerprint density at radius 2 is 0.939 bits per heavy atom. The van der Waals surface area contributed by atoms with Crippen LogP contribution in [0.25, 0.3) is 111 Å². The molecular formula is C59H35F2N5. The Morgan fingerprint density at radius 3 is 1.59 bits per heavy atom. The molecule has 7 heteroatoms. The Bertz CT molecular complexity index is 3790. The summed E-state index contributed by atoms with van der Waals surface area (Å²) in [6, 6.07) is 71.4. The van der Waals surface area contributed by atoms with Gasteiger partial charge in [-0.2, -0.15) is 5.26 Å². The molecule has 0 radical (unpaired) electrons. The highest BCUT2D eigenvalue weighted by molar-refractivity contribution is 6.12. The Kier molecular flexibility index (Phi) is 9.18. The topological polar surface area (TPSA) is 59.4 Å². The zero-order valence-electron chi connectivity index (χ0n) is 35.2. The van der Waals surface area contributed by atoms with Crippen molar-refractivity contribution in [3.63, 3.8) is 0 Å². The summed E-state index contributed by atoms with van der Waals surface area (Å²) in [5, 5.41) is 14.1. The lowest BCUT2D eigenvalue weighted by molar-refractivity contribution is 0.589. The molecule has 0 amide bonds. The lowest BCUT2D eigenvalue weighted by atomic mass is 9.97. The van der Waals surface area contributed by atoms with E-state index in [2.05, 4.69) is 120 Å². The van der Waals surface area contributed by atoms with Crippen molar-refractivity contribution in [2.45, 2.75) is 0 Å². The summed E-state index contributed by atoms with van der Waals surface area (Å²) in [4.78, 5) is 10.4. The summed E-state index contributed by atoms with van der Waals surface area (Å²) in [6.07, 6.45) is 0. The van der Waals surface area contributed by atoms with Crippen molar-refractivity contribution in [1.29, 1.82) is 5.26 Å². The fraction of sp³-hybridized carbons (Fsp3) is 0. The van der Waals surface area contributed by atoms with Gasteiger partial charge in [0.2, 0.25) is 0 Å². The van der Waals surface area contributed by atoms with Crippen molar-refractivity contribution in [1.82, 2.24) is 19.1 Å². The van der Waals surface area contributed by atoms with Crippen molar-refractivity contribution in [2.24, 2.45) is 0 Å². The van der Waals surface area contributed by atoms with Gasteiger partial charge in [0.05, 0.1) is 56.3 Å². The second-order valence-corrected chi connectivity index (χ2v) is 16.4. The normalized spacial score (nSPS) is 11.5. The number of benzene rings is 9. The molecule has 12 aromatic rings. The maximum absolute atomic E-state index is 15.6. The van der Waals surface area contributed by atoms with Crippen molar-refractivity contribution < 1.29 is 8.78 Å². The first-order chi connectivity index (χ1) is 32.5. The second-order valence-electron chi connectivity index (χ2n) is 16.4. The monoisotopic (exact) mass is 851 g/mol. The number of fused-ring (bicyclic) bond motifs is 6. The van der Waals surface area contributed by atoms with Crippen LogP contribution >= 0.6 is 0 Å². The number of para-hydroxylation sites is 3. The van der Waals surface area contributed by atoms with Crippen molar-refractivity contribution in [2.75, 3.05) is 0 Å². The molecule has 0 bridgehead atoms. The maximum Gasteiger partial charge on any atom is 0.160 e. The van der Waals surface area contributed by atoms with E-state index in [9.17, 15) is 5.26 Å². The van der Waals surface area contributed by atoms with Gasteiger partial charge in [-0.25, -0.2) is 18.7 Å². The molecule has 0 saturated heterocycles. The molecule has 310 valence electrons. The first-order valence-electron chi connectivity index (χ1n) is 21.7. The second kappa shape index (κ2) is 15.7. The molecule has 0 aliphatic carbocycles. The van der Waals surface area contributed by atoms with Gasteiger partial charge >= 0.3 is 0 Å². The average molecular weight is 852 g/mol. The minimum absolute atomic E-state index is 0.183. The molecule has 0 aliphatic rings. The number of nitrogens with zero attached hydrogens (tertiary/aromatic N) is 5. The Morgan fingerprint density at radius 1 is 0.394 bits per heavy atom. The van der Waals surface area contributed by atoms with E-state index in [0.29, 0.717) is 17.1 Å². The summed E-state index contributed by atoms with van der Waals surface area (Å²) >= 11 is 0. The maximum atomic E-state index is 15.6. The standard InChI is InChI=1S/C59H35F2N5/c60-49-21-13-22-50(61)58(49)48-30-37(36-62)26-28-57(48)66-55-25-12-9-20-46(55)47-34-40(27-29-56(47)66)41-31-42(33-43(32-41)65-53-23-10-7-18-44(53)45-19-8-11-24-54(45)65)52-35-51(38-14-3-1-4-15-38)63-59(64-52)39-16-5-2-6-17-39/h1-35H. The van der Waals surface area contributed by atoms with Gasteiger partial charge in [-0.3, -0.25) is 0 Å². The van der Waals surface area contributed by atoms with Crippen molar-refractivity contribution >= 4 is 43.6 Å². The zero-order valence-corrected chi connectivity index (χ0v) is 35.2. The van der Waals surface area contributed by atoms with Gasteiger partial charge in [0.25, 0.3) is 0 Å². The molecule has 66 heavy (non-hydrogen) atoms. The third-order valence-electron chi connectivity index (χ3n) is 12.5. The van der Waals surface area contributed by atoms with Crippen LogP contribution in [0.3, 0.4) is 0 Å². The van der Waals surface area contributed by atoms with Gasteiger partial charge in [0, 0.05) is 49.5 Å². The number of rotatable bonds is 7. The smallest absolute Gasteiger partial charge is 0.160 e. The van der Waals surface area contributed by atoms with E-state index in [1.54, 1.807) is 18.2 Å². The lowest BCUT2D eigenvalue weighted by Crippen LogP contribution is -2.01. The summed E-state index contributed by atoms with van der Waals surface area (Å²) in [6.45, 7) is 0. The van der Waals surface area contributed by atoms with Crippen LogP contribution in [0.2, 0.25) is 0 Å². The minimum Gasteiger partial charge on any atom is -0.309 e. The fourth-order valence-corrected chi connectivity index (χ4v) is 9.49. The van der Waals surface area contributed by atoms with Gasteiger partial charge in [-0.15, -0.1) is 0 Å². The molecule has 0 saturated carbocycles. The van der Waals surface area contributed by atoms with E-state index in [0.717, 1.165) is 88.5 Å². The highest BCUT2D eigenvalue weighted by Crippen LogP contribution is 2.42. The lowest BCUT2D eigenvalue weighted by Gasteiger charge is -2.16. The van der Waals surface area contributed by atoms with Gasteiger partial charge in [-0.05, 0) is 96.1 Å². The van der Waals surface area contributed by atoms with E-state index in [1.165, 1.54) is 18.2 Å². The molecule has 0 N–H and O–H groups in total. The van der Waals surface area contributed by atoms with E-state index in [4.69, 9.17) is 9.97 Å². The van der Waals surface area contributed by atoms with E-state index >= 15 is 8.78 Å². The quantitative estimate of drug-likeness (QED) is 0.160. The molecule has 5 nitrogen and oxygen atoms in total. The Labute approximate surface area is 378 Å². The SMILES string of the molecule is N#Cc1ccc(-n2c3ccccc3c3cc(-c4cc(-c5cc(-c6ccccc6)nc(-c6ccccc6)n5)cc(-n5c6ccccc6c6ccccc65)c4)ccc32)c(-c2c(F)cccc2F)c1. The van der Waals surface area contributed by atoms with Crippen molar-refractivity contribution in [3.8, 4) is 73.6 Å². The van der Waals surface area contributed by atoms with Crippen LogP contribution in [-0.2, 0) is 0 Å². The summed E-state index contributed by atoms with van der Waals surface area (Å²) in [5.74, 6) is -0.782. The van der Waals surface area contributed by atoms with Crippen LogP contribution in [0.4, 0.5) is 8.78 Å². The molecule has 3 aromatic heterocycles. The first kappa shape index (κ1) is 38.7. The molecule has 0 spiro atoms. The highest BCUT2D eigenvalue weighted by Gasteiger charge is 2.22. The van der Waals surface area contributed by atoms with Crippen LogP contribution in [0.5, 0.6) is 0 Å². The molecule has 0 atom stereocenters. The highest BCUT2D eigenvalue weighted by atomic mass is 19.1.